The molecule has 1 aliphatic heterocycles. The molecule has 1 heterocycles. The quantitative estimate of drug-likeness (QED) is 0.0681. The Morgan fingerprint density at radius 1 is 0.683 bits per heavy atom. The second-order valence-corrected chi connectivity index (χ2v) is 16.2. The summed E-state index contributed by atoms with van der Waals surface area (Å²) < 4.78 is 0. The van der Waals surface area contributed by atoms with Gasteiger partial charge in [-0.1, -0.05) is 52.0 Å². The maximum Gasteiger partial charge on any atom is 0.327 e. The predicted molar refractivity (Wildman–Crippen MR) is 225 cm³/mol. The topological polar surface area (TPSA) is 296 Å². The number of amides is 6. The second-order valence-electron chi connectivity index (χ2n) is 15.9. The molecule has 0 saturated carbocycles. The fourth-order valence-electron chi connectivity index (χ4n) is 6.74. The number of likely N-dealkylation sites (tertiary alicyclic amines) is 1. The van der Waals surface area contributed by atoms with Gasteiger partial charge in [-0.2, -0.15) is 12.6 Å². The first-order valence-corrected chi connectivity index (χ1v) is 20.6. The summed E-state index contributed by atoms with van der Waals surface area (Å²) in [7, 11) is 0. The van der Waals surface area contributed by atoms with Crippen molar-refractivity contribution >= 4 is 54.0 Å². The van der Waals surface area contributed by atoms with E-state index in [-0.39, 0.29) is 67.7 Å². The summed E-state index contributed by atoms with van der Waals surface area (Å²) in [5, 5.41) is 41.8. The lowest BCUT2D eigenvalue weighted by molar-refractivity contribution is -0.142. The number of thiol groups is 1. The van der Waals surface area contributed by atoms with E-state index in [1.165, 1.54) is 41.3 Å². The van der Waals surface area contributed by atoms with Gasteiger partial charge in [-0.3, -0.25) is 28.8 Å². The van der Waals surface area contributed by atoms with Crippen LogP contribution in [0.3, 0.4) is 0 Å². The van der Waals surface area contributed by atoms with Crippen LogP contribution < -0.4 is 38.1 Å². The van der Waals surface area contributed by atoms with E-state index in [1.807, 2.05) is 13.8 Å². The molecule has 0 spiro atoms. The molecule has 12 N–H and O–H groups in total. The number of benzene rings is 2. The van der Waals surface area contributed by atoms with Crippen molar-refractivity contribution in [3.8, 4) is 11.5 Å². The molecule has 0 radical (unpaired) electrons. The molecule has 3 rings (SSSR count). The zero-order valence-electron chi connectivity index (χ0n) is 34.4. The summed E-state index contributed by atoms with van der Waals surface area (Å²) in [6.07, 6.45) is 1.16. The van der Waals surface area contributed by atoms with E-state index < -0.39 is 90.3 Å². The van der Waals surface area contributed by atoms with Gasteiger partial charge in [-0.15, -0.1) is 0 Å². The maximum absolute atomic E-state index is 14.0. The summed E-state index contributed by atoms with van der Waals surface area (Å²) in [5.74, 6) is -5.72. The zero-order chi connectivity index (χ0) is 44.7. The Bertz CT molecular complexity index is 1800. The number of nitrogens with one attached hydrogen (secondary N) is 5. The van der Waals surface area contributed by atoms with E-state index in [0.717, 1.165) is 0 Å². The van der Waals surface area contributed by atoms with Crippen molar-refractivity contribution in [1.82, 2.24) is 31.5 Å². The Hall–Kier alpha value is -5.40. The van der Waals surface area contributed by atoms with Crippen molar-refractivity contribution in [2.45, 2.75) is 109 Å². The number of carboxylic acid groups (broad SMARTS) is 1. The minimum absolute atomic E-state index is 0.0239. The highest BCUT2D eigenvalue weighted by Gasteiger charge is 2.40. The molecule has 2 aromatic carbocycles. The Morgan fingerprint density at radius 2 is 1.15 bits per heavy atom. The van der Waals surface area contributed by atoms with Gasteiger partial charge in [0, 0.05) is 25.3 Å². The molecule has 2 aromatic rings. The van der Waals surface area contributed by atoms with Crippen LogP contribution in [0, 0.1) is 11.8 Å². The van der Waals surface area contributed by atoms with E-state index in [9.17, 15) is 48.9 Å². The van der Waals surface area contributed by atoms with Gasteiger partial charge >= 0.3 is 5.97 Å². The van der Waals surface area contributed by atoms with E-state index in [4.69, 9.17) is 11.5 Å². The van der Waals surface area contributed by atoms with Gasteiger partial charge in [0.05, 0.1) is 6.04 Å². The number of carbonyl (C=O) groups is 7. The van der Waals surface area contributed by atoms with Crippen LogP contribution in [0.25, 0.3) is 0 Å². The van der Waals surface area contributed by atoms with E-state index in [0.29, 0.717) is 17.5 Å². The number of hydrogen-bond acceptors (Lipinski definition) is 12. The van der Waals surface area contributed by atoms with Crippen LogP contribution in [0.5, 0.6) is 11.5 Å². The van der Waals surface area contributed by atoms with Gasteiger partial charge in [0.1, 0.15) is 47.8 Å². The molecule has 7 atom stereocenters. The molecule has 330 valence electrons. The molecule has 0 bridgehead atoms. The highest BCUT2D eigenvalue weighted by atomic mass is 32.1. The van der Waals surface area contributed by atoms with Crippen molar-refractivity contribution in [2.75, 3.05) is 18.8 Å². The molecule has 0 aromatic heterocycles. The monoisotopic (exact) mass is 856 g/mol. The van der Waals surface area contributed by atoms with Crippen molar-refractivity contribution in [2.24, 2.45) is 23.3 Å². The number of phenolic OH excluding ortho intramolecular Hbond substituents is 2. The molecule has 1 saturated heterocycles. The SMILES string of the molecule is CC(C)C[C@H](NC(=O)[C@H](Cc1ccc(O)cc1)NC(=O)[C@H](CN)NC(=O)[C@@H]1CCCN1C(=O)[C@H](CC(C)C)NC(=O)[C@@H](N)Cc1ccc(O)cc1)C(=O)N[C@@H](CS)C(=O)O. The predicted octanol–water partition coefficient (Wildman–Crippen LogP) is -0.309. The first-order chi connectivity index (χ1) is 28.3. The first kappa shape index (κ1) is 49.0. The molecule has 0 unspecified atom stereocenters. The van der Waals surface area contributed by atoms with Crippen LogP contribution in [-0.2, 0) is 46.4 Å². The number of nitrogens with zero attached hydrogens (tertiary/aromatic N) is 1. The molecule has 1 aliphatic rings. The standard InChI is InChI=1S/C41H60N8O10S/c1-22(2)16-29(36(53)48-33(21-60)41(58)59)44-37(54)30(19-25-9-13-27(51)14-10-25)45-38(55)32(20-42)47-39(56)34-6-5-15-49(34)40(57)31(17-23(3)4)46-35(52)28(43)18-24-7-11-26(50)12-8-24/h7-14,22-23,28-34,50-51,60H,5-6,15-21,42-43H2,1-4H3,(H,44,54)(H,45,55)(H,46,52)(H,47,56)(H,48,53)(H,58,59)/t28-,29-,30-,31-,32-,33-,34-/m0/s1. The smallest absolute Gasteiger partial charge is 0.327 e. The number of nitrogens with two attached hydrogens (primary N) is 2. The number of aliphatic carboxylic acids is 1. The van der Waals surface area contributed by atoms with Crippen LogP contribution in [0.15, 0.2) is 48.5 Å². The summed E-state index contributed by atoms with van der Waals surface area (Å²) >= 11 is 3.99. The maximum atomic E-state index is 14.0. The Labute approximate surface area is 355 Å². The lowest BCUT2D eigenvalue weighted by atomic mass is 10.0. The number of hydrogen-bond donors (Lipinski definition) is 11. The van der Waals surface area contributed by atoms with Gasteiger partial charge in [0.15, 0.2) is 0 Å². The van der Waals surface area contributed by atoms with Crippen molar-refractivity contribution in [3.63, 3.8) is 0 Å². The third-order valence-electron chi connectivity index (χ3n) is 9.90. The average Bonchev–Trinajstić information content (AvgIpc) is 3.69. The second kappa shape index (κ2) is 23.4. The van der Waals surface area contributed by atoms with Crippen molar-refractivity contribution < 1.29 is 48.9 Å². The first-order valence-electron chi connectivity index (χ1n) is 20.0. The Balaban J connectivity index is 1.77. The van der Waals surface area contributed by atoms with E-state index in [1.54, 1.807) is 26.0 Å². The number of phenols is 2. The lowest BCUT2D eigenvalue weighted by Gasteiger charge is -2.31. The summed E-state index contributed by atoms with van der Waals surface area (Å²) in [5.41, 5.74) is 13.4. The van der Waals surface area contributed by atoms with Gasteiger partial charge in [-0.05, 0) is 79.3 Å². The van der Waals surface area contributed by atoms with E-state index in [2.05, 4.69) is 39.2 Å². The number of aromatic hydroxyl groups is 2. The zero-order valence-corrected chi connectivity index (χ0v) is 35.3. The van der Waals surface area contributed by atoms with Gasteiger partial charge < -0.3 is 58.3 Å². The average molecular weight is 857 g/mol. The largest absolute Gasteiger partial charge is 0.508 e. The van der Waals surface area contributed by atoms with Crippen LogP contribution in [-0.4, -0.2) is 123 Å². The van der Waals surface area contributed by atoms with Crippen LogP contribution in [0.4, 0.5) is 0 Å². The van der Waals surface area contributed by atoms with Gasteiger partial charge in [-0.25, -0.2) is 4.79 Å². The molecule has 60 heavy (non-hydrogen) atoms. The van der Waals surface area contributed by atoms with Gasteiger partial charge in [0.25, 0.3) is 0 Å². The fraction of sp³-hybridized carbons (Fsp3) is 0.537. The molecular weight excluding hydrogens is 797 g/mol. The fourth-order valence-corrected chi connectivity index (χ4v) is 6.98. The van der Waals surface area contributed by atoms with E-state index >= 15 is 0 Å². The van der Waals surface area contributed by atoms with Crippen LogP contribution in [0.2, 0.25) is 0 Å². The highest BCUT2D eigenvalue weighted by molar-refractivity contribution is 7.80. The molecule has 0 aliphatic carbocycles. The highest BCUT2D eigenvalue weighted by Crippen LogP contribution is 2.21. The number of carbonyl (C=O) groups excluding carboxylic acids is 6. The summed E-state index contributed by atoms with van der Waals surface area (Å²) in [6, 6.07) is 3.90. The molecule has 19 heteroatoms. The summed E-state index contributed by atoms with van der Waals surface area (Å²) in [6.45, 7) is 7.19. The third kappa shape index (κ3) is 15.0. The van der Waals surface area contributed by atoms with Crippen LogP contribution >= 0.6 is 12.6 Å². The Morgan fingerprint density at radius 3 is 1.67 bits per heavy atom. The van der Waals surface area contributed by atoms with Gasteiger partial charge in [0.2, 0.25) is 35.4 Å². The molecule has 6 amide bonds. The number of carboxylic acids is 1. The third-order valence-corrected chi connectivity index (χ3v) is 10.3. The normalized spacial score (nSPS) is 16.8. The van der Waals surface area contributed by atoms with Crippen molar-refractivity contribution in [3.05, 3.63) is 59.7 Å². The van der Waals surface area contributed by atoms with Crippen LogP contribution in [0.1, 0.15) is 64.5 Å². The Kier molecular flexibility index (Phi) is 19.1. The lowest BCUT2D eigenvalue weighted by Crippen LogP contribution is -2.61. The minimum Gasteiger partial charge on any atom is -0.508 e. The number of rotatable bonds is 22. The minimum atomic E-state index is -1.37. The molecule has 1 fully saturated rings. The molecule has 18 nitrogen and oxygen atoms in total. The van der Waals surface area contributed by atoms with Crippen molar-refractivity contribution in [1.29, 1.82) is 0 Å². The summed E-state index contributed by atoms with van der Waals surface area (Å²) in [4.78, 5) is 94.8. The molecular formula is C41H60N8O10S.